The number of benzene rings is 1. The number of H-pyrrole nitrogens is 1. The van der Waals surface area contributed by atoms with Gasteiger partial charge in [-0.15, -0.1) is 0 Å². The Hall–Kier alpha value is -1.59. The summed E-state index contributed by atoms with van der Waals surface area (Å²) in [6.07, 6.45) is 2.10. The second kappa shape index (κ2) is 4.51. The minimum Gasteiger partial charge on any atom is -0.408 e. The second-order valence-corrected chi connectivity index (χ2v) is 5.26. The van der Waals surface area contributed by atoms with E-state index in [2.05, 4.69) is 17.2 Å². The second-order valence-electron chi connectivity index (χ2n) is 5.26. The van der Waals surface area contributed by atoms with Crippen LogP contribution in [0.25, 0.3) is 11.1 Å². The van der Waals surface area contributed by atoms with Crippen LogP contribution < -0.4 is 11.1 Å². The maximum atomic E-state index is 11.2. The number of ether oxygens (including phenoxy) is 1. The summed E-state index contributed by atoms with van der Waals surface area (Å²) < 4.78 is 11.0. The average Bonchev–Trinajstić information content (AvgIpc) is 2.95. The quantitative estimate of drug-likeness (QED) is 0.887. The summed E-state index contributed by atoms with van der Waals surface area (Å²) in [4.78, 5) is 13.8. The number of hydrogen-bond acceptors (Lipinski definition) is 4. The third-order valence-electron chi connectivity index (χ3n) is 3.93. The lowest BCUT2D eigenvalue weighted by atomic mass is 9.88. The Bertz CT molecular complexity index is 637. The summed E-state index contributed by atoms with van der Waals surface area (Å²) in [6.45, 7) is 2.93. The van der Waals surface area contributed by atoms with Crippen LogP contribution >= 0.6 is 0 Å². The molecule has 0 spiro atoms. The van der Waals surface area contributed by atoms with E-state index < -0.39 is 5.76 Å². The van der Waals surface area contributed by atoms with Crippen molar-refractivity contribution in [2.24, 2.45) is 0 Å². The van der Waals surface area contributed by atoms with Gasteiger partial charge in [0.2, 0.25) is 0 Å². The van der Waals surface area contributed by atoms with Crippen LogP contribution in [0.3, 0.4) is 0 Å². The molecule has 2 heterocycles. The molecule has 0 amide bonds. The molecular formula is C14H18N2O3. The molecule has 1 aliphatic rings. The van der Waals surface area contributed by atoms with E-state index in [0.29, 0.717) is 5.58 Å². The lowest BCUT2D eigenvalue weighted by Crippen LogP contribution is -2.39. The first-order valence-electron chi connectivity index (χ1n) is 6.56. The lowest BCUT2D eigenvalue weighted by molar-refractivity contribution is -0.0104. The summed E-state index contributed by atoms with van der Waals surface area (Å²) in [5.41, 5.74) is 2.17. The first-order chi connectivity index (χ1) is 9.12. The maximum Gasteiger partial charge on any atom is 0.417 e. The van der Waals surface area contributed by atoms with Gasteiger partial charge < -0.3 is 14.5 Å². The van der Waals surface area contributed by atoms with Crippen LogP contribution in [-0.4, -0.2) is 24.2 Å². The van der Waals surface area contributed by atoms with Gasteiger partial charge in [-0.2, -0.15) is 0 Å². The first-order valence-corrected chi connectivity index (χ1v) is 6.56. The van der Waals surface area contributed by atoms with Crippen molar-refractivity contribution in [2.45, 2.75) is 31.4 Å². The van der Waals surface area contributed by atoms with Crippen molar-refractivity contribution in [1.29, 1.82) is 0 Å². The Labute approximate surface area is 111 Å². The van der Waals surface area contributed by atoms with Crippen molar-refractivity contribution < 1.29 is 9.15 Å². The highest BCUT2D eigenvalue weighted by atomic mass is 16.5. The summed E-state index contributed by atoms with van der Waals surface area (Å²) in [6, 6.07) is 5.86. The molecule has 1 aliphatic heterocycles. The molecule has 1 saturated heterocycles. The number of rotatable bonds is 3. The summed E-state index contributed by atoms with van der Waals surface area (Å²) >= 11 is 0. The molecule has 5 nitrogen and oxygen atoms in total. The van der Waals surface area contributed by atoms with Gasteiger partial charge in [-0.25, -0.2) is 4.79 Å². The molecule has 2 N–H and O–H groups in total. The van der Waals surface area contributed by atoms with E-state index in [1.807, 2.05) is 25.2 Å². The van der Waals surface area contributed by atoms with E-state index in [1.54, 1.807) is 0 Å². The number of oxazole rings is 1. The molecule has 0 bridgehead atoms. The third-order valence-corrected chi connectivity index (χ3v) is 3.93. The zero-order chi connectivity index (χ0) is 13.5. The van der Waals surface area contributed by atoms with Gasteiger partial charge in [0.15, 0.2) is 5.58 Å². The zero-order valence-corrected chi connectivity index (χ0v) is 11.2. The van der Waals surface area contributed by atoms with Gasteiger partial charge >= 0.3 is 5.76 Å². The van der Waals surface area contributed by atoms with Crippen LogP contribution in [0.2, 0.25) is 0 Å². The predicted molar refractivity (Wildman–Crippen MR) is 72.2 cm³/mol. The monoisotopic (exact) mass is 262 g/mol. The molecule has 1 fully saturated rings. The summed E-state index contributed by atoms with van der Waals surface area (Å²) in [5.74, 6) is -0.420. The van der Waals surface area contributed by atoms with Crippen LogP contribution in [0.1, 0.15) is 31.4 Å². The number of aromatic nitrogens is 1. The third kappa shape index (κ3) is 2.09. The fourth-order valence-electron chi connectivity index (χ4n) is 2.99. The highest BCUT2D eigenvalue weighted by Gasteiger charge is 2.38. The SMILES string of the molecule is CNC(c1ccc2[nH]c(=O)oc2c1)C1(C)CCCO1. The van der Waals surface area contributed by atoms with Gasteiger partial charge in [-0.05, 0) is 44.5 Å². The van der Waals surface area contributed by atoms with Crippen molar-refractivity contribution in [1.82, 2.24) is 10.3 Å². The normalized spacial score (nSPS) is 24.9. The minimum atomic E-state index is -0.420. The van der Waals surface area contributed by atoms with Gasteiger partial charge in [0.1, 0.15) is 0 Å². The van der Waals surface area contributed by atoms with E-state index in [9.17, 15) is 4.79 Å². The van der Waals surface area contributed by atoms with Crippen LogP contribution in [0, 0.1) is 0 Å². The van der Waals surface area contributed by atoms with Crippen molar-refractivity contribution in [3.8, 4) is 0 Å². The molecule has 19 heavy (non-hydrogen) atoms. The van der Waals surface area contributed by atoms with Crippen LogP contribution in [0.5, 0.6) is 0 Å². The zero-order valence-electron chi connectivity index (χ0n) is 11.2. The summed E-state index contributed by atoms with van der Waals surface area (Å²) in [5, 5.41) is 3.32. The minimum absolute atomic E-state index is 0.0830. The standard InChI is InChI=1S/C14H18N2O3/c1-14(6-3-7-18-14)12(15-2)9-4-5-10-11(8-9)19-13(17)16-10/h4-5,8,12,15H,3,6-7H2,1-2H3,(H,16,17). The van der Waals surface area contributed by atoms with E-state index in [1.165, 1.54) is 0 Å². The first kappa shape index (κ1) is 12.4. The van der Waals surface area contributed by atoms with Gasteiger partial charge in [-0.1, -0.05) is 6.07 Å². The molecule has 1 aromatic heterocycles. The number of nitrogens with one attached hydrogen (secondary N) is 2. The molecule has 2 atom stereocenters. The van der Waals surface area contributed by atoms with E-state index >= 15 is 0 Å². The van der Waals surface area contributed by atoms with Crippen molar-refractivity contribution >= 4 is 11.1 Å². The number of likely N-dealkylation sites (N-methyl/N-ethyl adjacent to an activating group) is 1. The Balaban J connectivity index is 2.03. The number of aromatic amines is 1. The Kier molecular flexibility index (Phi) is 2.95. The number of fused-ring (bicyclic) bond motifs is 1. The Morgan fingerprint density at radius 2 is 2.32 bits per heavy atom. The van der Waals surface area contributed by atoms with Gasteiger partial charge in [-0.3, -0.25) is 4.98 Å². The number of hydrogen-bond donors (Lipinski definition) is 2. The van der Waals surface area contributed by atoms with Crippen LogP contribution in [0.4, 0.5) is 0 Å². The van der Waals surface area contributed by atoms with E-state index in [-0.39, 0.29) is 11.6 Å². The molecule has 0 aliphatic carbocycles. The van der Waals surface area contributed by atoms with Crippen molar-refractivity contribution in [2.75, 3.05) is 13.7 Å². The Morgan fingerprint density at radius 1 is 1.47 bits per heavy atom. The molecule has 0 radical (unpaired) electrons. The van der Waals surface area contributed by atoms with Crippen LogP contribution in [0.15, 0.2) is 27.4 Å². The highest BCUT2D eigenvalue weighted by molar-refractivity contribution is 5.73. The fraction of sp³-hybridized carbons (Fsp3) is 0.500. The highest BCUT2D eigenvalue weighted by Crippen LogP contribution is 2.37. The van der Waals surface area contributed by atoms with Crippen LogP contribution in [-0.2, 0) is 4.74 Å². The topological polar surface area (TPSA) is 67.3 Å². The van der Waals surface area contributed by atoms with E-state index in [4.69, 9.17) is 9.15 Å². The largest absolute Gasteiger partial charge is 0.417 e. The van der Waals surface area contributed by atoms with Gasteiger partial charge in [0.25, 0.3) is 0 Å². The smallest absolute Gasteiger partial charge is 0.408 e. The Morgan fingerprint density at radius 3 is 3.00 bits per heavy atom. The molecule has 5 heteroatoms. The average molecular weight is 262 g/mol. The van der Waals surface area contributed by atoms with Crippen molar-refractivity contribution in [3.05, 3.63) is 34.3 Å². The molecule has 1 aromatic carbocycles. The molecule has 2 aromatic rings. The molecular weight excluding hydrogens is 244 g/mol. The maximum absolute atomic E-state index is 11.2. The molecule has 0 saturated carbocycles. The predicted octanol–water partition coefficient (Wildman–Crippen LogP) is 1.95. The lowest BCUT2D eigenvalue weighted by Gasteiger charge is -2.33. The van der Waals surface area contributed by atoms with Crippen molar-refractivity contribution in [3.63, 3.8) is 0 Å². The fourth-order valence-corrected chi connectivity index (χ4v) is 2.99. The van der Waals surface area contributed by atoms with Gasteiger partial charge in [0.05, 0.1) is 17.2 Å². The molecule has 3 rings (SSSR count). The van der Waals surface area contributed by atoms with E-state index in [0.717, 1.165) is 30.5 Å². The molecule has 2 unspecified atom stereocenters. The summed E-state index contributed by atoms with van der Waals surface area (Å²) in [7, 11) is 1.93. The van der Waals surface area contributed by atoms with Gasteiger partial charge in [0, 0.05) is 6.61 Å². The molecule has 102 valence electrons.